The molecule has 0 bridgehead atoms. The Hall–Kier alpha value is -2.05. The first kappa shape index (κ1) is 18.3. The molecule has 0 aliphatic carbocycles. The predicted octanol–water partition coefficient (Wildman–Crippen LogP) is 3.52. The average molecular weight is 367 g/mol. The SMILES string of the molecule is CC[C@@H](C(=O)Nc1ccccc1Cl)N(c1ccccc1)S(C)(=O)=O. The fraction of sp³-hybridized carbons (Fsp3) is 0.235. The van der Waals surface area contributed by atoms with Gasteiger partial charge in [-0.3, -0.25) is 9.10 Å². The maximum atomic E-state index is 12.7. The van der Waals surface area contributed by atoms with Gasteiger partial charge in [0.2, 0.25) is 15.9 Å². The van der Waals surface area contributed by atoms with Crippen molar-refractivity contribution in [2.24, 2.45) is 0 Å². The Labute approximate surface area is 147 Å². The molecule has 0 fully saturated rings. The minimum atomic E-state index is -3.64. The first-order valence-corrected chi connectivity index (χ1v) is 9.67. The van der Waals surface area contributed by atoms with Gasteiger partial charge < -0.3 is 5.32 Å². The van der Waals surface area contributed by atoms with Crippen LogP contribution in [0.4, 0.5) is 11.4 Å². The zero-order valence-electron chi connectivity index (χ0n) is 13.4. The van der Waals surface area contributed by atoms with Crippen LogP contribution in [0.5, 0.6) is 0 Å². The normalized spacial score (nSPS) is 12.5. The molecule has 1 amide bonds. The van der Waals surface area contributed by atoms with E-state index >= 15 is 0 Å². The molecule has 0 spiro atoms. The number of para-hydroxylation sites is 2. The molecular formula is C17H19ClN2O3S. The van der Waals surface area contributed by atoms with Crippen molar-refractivity contribution in [3.63, 3.8) is 0 Å². The first-order chi connectivity index (χ1) is 11.3. The Morgan fingerprint density at radius 2 is 1.71 bits per heavy atom. The number of benzene rings is 2. The monoisotopic (exact) mass is 366 g/mol. The van der Waals surface area contributed by atoms with Crippen molar-refractivity contribution < 1.29 is 13.2 Å². The molecule has 2 aromatic carbocycles. The molecule has 0 radical (unpaired) electrons. The molecule has 1 atom stereocenters. The highest BCUT2D eigenvalue weighted by Gasteiger charge is 2.31. The van der Waals surface area contributed by atoms with E-state index < -0.39 is 22.0 Å². The summed E-state index contributed by atoms with van der Waals surface area (Å²) in [6, 6.07) is 14.5. The van der Waals surface area contributed by atoms with Crippen LogP contribution < -0.4 is 9.62 Å². The van der Waals surface area contributed by atoms with E-state index in [0.717, 1.165) is 10.6 Å². The van der Waals surface area contributed by atoms with E-state index in [2.05, 4.69) is 5.32 Å². The fourth-order valence-corrected chi connectivity index (χ4v) is 3.81. The maximum absolute atomic E-state index is 12.7. The van der Waals surface area contributed by atoms with Crippen LogP contribution in [-0.2, 0) is 14.8 Å². The number of sulfonamides is 1. The molecular weight excluding hydrogens is 348 g/mol. The molecule has 0 aliphatic rings. The standard InChI is InChI=1S/C17H19ClN2O3S/c1-3-16(17(21)19-15-12-8-7-11-14(15)18)20(24(2,22)23)13-9-5-4-6-10-13/h4-12,16H,3H2,1-2H3,(H,19,21)/t16-/m0/s1. The molecule has 0 saturated heterocycles. The van der Waals surface area contributed by atoms with Crippen LogP contribution >= 0.6 is 11.6 Å². The number of nitrogens with one attached hydrogen (secondary N) is 1. The third-order valence-electron chi connectivity index (χ3n) is 3.47. The van der Waals surface area contributed by atoms with E-state index in [9.17, 15) is 13.2 Å². The third-order valence-corrected chi connectivity index (χ3v) is 4.98. The summed E-state index contributed by atoms with van der Waals surface area (Å²) < 4.78 is 25.7. The van der Waals surface area contributed by atoms with Crippen LogP contribution in [0.25, 0.3) is 0 Å². The van der Waals surface area contributed by atoms with E-state index in [1.807, 2.05) is 0 Å². The second-order valence-electron chi connectivity index (χ2n) is 5.29. The second kappa shape index (κ2) is 7.68. The van der Waals surface area contributed by atoms with Crippen molar-refractivity contribution in [3.8, 4) is 0 Å². The van der Waals surface area contributed by atoms with E-state index in [1.54, 1.807) is 61.5 Å². The minimum Gasteiger partial charge on any atom is -0.323 e. The van der Waals surface area contributed by atoms with Crippen molar-refractivity contribution >= 4 is 38.9 Å². The molecule has 128 valence electrons. The third kappa shape index (κ3) is 4.27. The van der Waals surface area contributed by atoms with Gasteiger partial charge in [-0.05, 0) is 30.7 Å². The molecule has 0 aliphatic heterocycles. The van der Waals surface area contributed by atoms with Crippen LogP contribution in [0, 0.1) is 0 Å². The zero-order chi connectivity index (χ0) is 17.7. The number of amides is 1. The molecule has 1 N–H and O–H groups in total. The summed E-state index contributed by atoms with van der Waals surface area (Å²) in [5.74, 6) is -0.431. The average Bonchev–Trinajstić information content (AvgIpc) is 2.54. The van der Waals surface area contributed by atoms with Crippen LogP contribution in [0.2, 0.25) is 5.02 Å². The van der Waals surface area contributed by atoms with Gasteiger partial charge in [-0.1, -0.05) is 48.9 Å². The number of anilines is 2. The lowest BCUT2D eigenvalue weighted by Gasteiger charge is -2.30. The molecule has 24 heavy (non-hydrogen) atoms. The molecule has 0 heterocycles. The number of rotatable bonds is 6. The van der Waals surface area contributed by atoms with E-state index in [0.29, 0.717) is 22.8 Å². The summed E-state index contributed by atoms with van der Waals surface area (Å²) in [7, 11) is -3.64. The largest absolute Gasteiger partial charge is 0.323 e. The summed E-state index contributed by atoms with van der Waals surface area (Å²) in [6.07, 6.45) is 1.41. The van der Waals surface area contributed by atoms with Crippen LogP contribution in [0.15, 0.2) is 54.6 Å². The smallest absolute Gasteiger partial charge is 0.248 e. The number of carbonyl (C=O) groups excluding carboxylic acids is 1. The van der Waals surface area contributed by atoms with Gasteiger partial charge in [0.15, 0.2) is 0 Å². The lowest BCUT2D eigenvalue weighted by atomic mass is 10.2. The van der Waals surface area contributed by atoms with Gasteiger partial charge in [0.1, 0.15) is 6.04 Å². The van der Waals surface area contributed by atoms with Gasteiger partial charge in [-0.2, -0.15) is 0 Å². The zero-order valence-corrected chi connectivity index (χ0v) is 15.0. The summed E-state index contributed by atoms with van der Waals surface area (Å²) in [5.41, 5.74) is 0.894. The number of hydrogen-bond acceptors (Lipinski definition) is 3. The predicted molar refractivity (Wildman–Crippen MR) is 97.9 cm³/mol. The Morgan fingerprint density at radius 3 is 2.25 bits per heavy atom. The van der Waals surface area contributed by atoms with Gasteiger partial charge in [0, 0.05) is 0 Å². The second-order valence-corrected chi connectivity index (χ2v) is 7.55. The van der Waals surface area contributed by atoms with Crippen molar-refractivity contribution in [2.45, 2.75) is 19.4 Å². The highest BCUT2D eigenvalue weighted by Crippen LogP contribution is 2.25. The molecule has 0 aromatic heterocycles. The molecule has 0 unspecified atom stereocenters. The number of nitrogens with zero attached hydrogens (tertiary/aromatic N) is 1. The lowest BCUT2D eigenvalue weighted by molar-refractivity contribution is -0.117. The summed E-state index contributed by atoms with van der Waals surface area (Å²) in [6.45, 7) is 1.76. The fourth-order valence-electron chi connectivity index (χ4n) is 2.41. The highest BCUT2D eigenvalue weighted by atomic mass is 35.5. The van der Waals surface area contributed by atoms with Crippen molar-refractivity contribution in [3.05, 3.63) is 59.6 Å². The molecule has 7 heteroatoms. The summed E-state index contributed by atoms with van der Waals surface area (Å²) in [5, 5.41) is 3.10. The molecule has 2 aromatic rings. The number of halogens is 1. The van der Waals surface area contributed by atoms with Crippen LogP contribution in [0.3, 0.4) is 0 Å². The Kier molecular flexibility index (Phi) is 5.85. The molecule has 2 rings (SSSR count). The first-order valence-electron chi connectivity index (χ1n) is 7.44. The van der Waals surface area contributed by atoms with Crippen molar-refractivity contribution in [2.75, 3.05) is 15.9 Å². The van der Waals surface area contributed by atoms with Gasteiger partial charge in [0.25, 0.3) is 0 Å². The summed E-state index contributed by atoms with van der Waals surface area (Å²) in [4.78, 5) is 12.7. The van der Waals surface area contributed by atoms with Crippen LogP contribution in [0.1, 0.15) is 13.3 Å². The van der Waals surface area contributed by atoms with E-state index in [1.165, 1.54) is 0 Å². The Balaban J connectivity index is 2.36. The molecule has 5 nitrogen and oxygen atoms in total. The lowest BCUT2D eigenvalue weighted by Crippen LogP contribution is -2.47. The van der Waals surface area contributed by atoms with E-state index in [-0.39, 0.29) is 0 Å². The van der Waals surface area contributed by atoms with Gasteiger partial charge >= 0.3 is 0 Å². The Bertz CT molecular complexity index is 810. The quantitative estimate of drug-likeness (QED) is 0.850. The van der Waals surface area contributed by atoms with Gasteiger partial charge in [-0.15, -0.1) is 0 Å². The topological polar surface area (TPSA) is 66.5 Å². The maximum Gasteiger partial charge on any atom is 0.248 e. The highest BCUT2D eigenvalue weighted by molar-refractivity contribution is 7.92. The number of hydrogen-bond donors (Lipinski definition) is 1. The van der Waals surface area contributed by atoms with Crippen molar-refractivity contribution in [1.29, 1.82) is 0 Å². The number of carbonyl (C=O) groups is 1. The minimum absolute atomic E-state index is 0.318. The van der Waals surface area contributed by atoms with Gasteiger partial charge in [-0.25, -0.2) is 8.42 Å². The Morgan fingerprint density at radius 1 is 1.12 bits per heavy atom. The van der Waals surface area contributed by atoms with Crippen molar-refractivity contribution in [1.82, 2.24) is 0 Å². The molecule has 0 saturated carbocycles. The summed E-state index contributed by atoms with van der Waals surface area (Å²) >= 11 is 6.06. The van der Waals surface area contributed by atoms with Gasteiger partial charge in [0.05, 0.1) is 22.7 Å². The van der Waals surface area contributed by atoms with Crippen LogP contribution in [-0.4, -0.2) is 26.6 Å². The van der Waals surface area contributed by atoms with E-state index in [4.69, 9.17) is 11.6 Å².